The first-order valence-corrected chi connectivity index (χ1v) is 7.31. The third-order valence-electron chi connectivity index (χ3n) is 3.56. The first-order chi connectivity index (χ1) is 9.99. The van der Waals surface area contributed by atoms with E-state index in [1.54, 1.807) is 11.1 Å². The lowest BCUT2D eigenvalue weighted by Gasteiger charge is -2.32. The molecule has 1 aliphatic rings. The highest BCUT2D eigenvalue weighted by atomic mass is 16.2. The molecule has 1 aromatic carbocycles. The molecule has 0 radical (unpaired) electrons. The predicted molar refractivity (Wildman–Crippen MR) is 83.2 cm³/mol. The Hall–Kier alpha value is -2.10. The number of amides is 2. The average molecular weight is 286 g/mol. The average Bonchev–Trinajstić information content (AvgIpc) is 2.45. The summed E-state index contributed by atoms with van der Waals surface area (Å²) in [4.78, 5) is 25.6. The lowest BCUT2D eigenvalue weighted by atomic mass is 9.93. The fourth-order valence-electron chi connectivity index (χ4n) is 2.48. The Labute approximate surface area is 125 Å². The summed E-state index contributed by atoms with van der Waals surface area (Å²) in [5, 5.41) is 2.92. The van der Waals surface area contributed by atoms with Crippen LogP contribution in [0.2, 0.25) is 0 Å². The second-order valence-corrected chi connectivity index (χ2v) is 5.79. The maximum Gasteiger partial charge on any atom is 0.223 e. The molecular formula is C17H22N2O2. The number of carbonyl (C=O) groups excluding carboxylic acids is 2. The van der Waals surface area contributed by atoms with Crippen LogP contribution in [0.25, 0.3) is 6.08 Å². The summed E-state index contributed by atoms with van der Waals surface area (Å²) in [6.07, 6.45) is 3.97. The lowest BCUT2D eigenvalue weighted by molar-refractivity contribution is -0.130. The minimum absolute atomic E-state index is 0.0231. The van der Waals surface area contributed by atoms with E-state index in [0.29, 0.717) is 12.5 Å². The number of nitrogens with one attached hydrogen (secondary N) is 1. The molecule has 4 heteroatoms. The summed E-state index contributed by atoms with van der Waals surface area (Å²) in [7, 11) is 0. The monoisotopic (exact) mass is 286 g/mol. The van der Waals surface area contributed by atoms with Crippen molar-refractivity contribution in [2.45, 2.75) is 33.2 Å². The zero-order valence-corrected chi connectivity index (χ0v) is 12.8. The maximum atomic E-state index is 12.1. The molecule has 4 nitrogen and oxygen atoms in total. The molecule has 21 heavy (non-hydrogen) atoms. The van der Waals surface area contributed by atoms with E-state index in [1.165, 1.54) is 6.92 Å². The third kappa shape index (κ3) is 3.72. The molecule has 2 amide bonds. The van der Waals surface area contributed by atoms with Crippen molar-refractivity contribution in [1.82, 2.24) is 10.2 Å². The van der Waals surface area contributed by atoms with Crippen LogP contribution in [0.1, 0.15) is 44.4 Å². The molecule has 2 rings (SSSR count). The summed E-state index contributed by atoms with van der Waals surface area (Å²) >= 11 is 0. The van der Waals surface area contributed by atoms with Crippen LogP contribution in [-0.2, 0) is 9.59 Å². The summed E-state index contributed by atoms with van der Waals surface area (Å²) in [5.41, 5.74) is 2.09. The van der Waals surface area contributed by atoms with Gasteiger partial charge in [-0.2, -0.15) is 0 Å². The Bertz CT molecular complexity index is 564. The summed E-state index contributed by atoms with van der Waals surface area (Å²) in [6, 6.07) is 7.66. The maximum absolute atomic E-state index is 12.1. The Balaban J connectivity index is 2.18. The van der Waals surface area contributed by atoms with Gasteiger partial charge in [-0.3, -0.25) is 9.59 Å². The Kier molecular flexibility index (Phi) is 4.78. The molecule has 0 aromatic heterocycles. The highest BCUT2D eigenvalue weighted by Crippen LogP contribution is 2.32. The number of hydrogen-bond acceptors (Lipinski definition) is 2. The van der Waals surface area contributed by atoms with Gasteiger partial charge in [0.1, 0.15) is 0 Å². The van der Waals surface area contributed by atoms with E-state index in [0.717, 1.165) is 11.1 Å². The van der Waals surface area contributed by atoms with Gasteiger partial charge >= 0.3 is 0 Å². The summed E-state index contributed by atoms with van der Waals surface area (Å²) in [6.45, 7) is 6.29. The number of carbonyl (C=O) groups is 2. The second-order valence-electron chi connectivity index (χ2n) is 5.79. The van der Waals surface area contributed by atoms with Crippen LogP contribution in [0.4, 0.5) is 0 Å². The van der Waals surface area contributed by atoms with Gasteiger partial charge in [0.2, 0.25) is 11.8 Å². The minimum Gasteiger partial charge on any atom is -0.356 e. The van der Waals surface area contributed by atoms with E-state index in [9.17, 15) is 9.59 Å². The van der Waals surface area contributed by atoms with E-state index in [-0.39, 0.29) is 24.3 Å². The van der Waals surface area contributed by atoms with E-state index < -0.39 is 0 Å². The SMILES string of the molecule is CC(=O)N1C=Cc2ccccc2[C@@H]1CC(=O)NCC(C)C. The molecule has 0 aliphatic carbocycles. The van der Waals surface area contributed by atoms with E-state index in [1.807, 2.05) is 30.3 Å². The van der Waals surface area contributed by atoms with Crippen molar-refractivity contribution in [1.29, 1.82) is 0 Å². The van der Waals surface area contributed by atoms with Crippen molar-refractivity contribution >= 4 is 17.9 Å². The van der Waals surface area contributed by atoms with Gasteiger partial charge in [0, 0.05) is 19.7 Å². The third-order valence-corrected chi connectivity index (χ3v) is 3.56. The number of hydrogen-bond donors (Lipinski definition) is 1. The molecule has 0 unspecified atom stereocenters. The van der Waals surface area contributed by atoms with Gasteiger partial charge in [-0.25, -0.2) is 0 Å². The van der Waals surface area contributed by atoms with E-state index in [4.69, 9.17) is 0 Å². The number of rotatable bonds is 4. The van der Waals surface area contributed by atoms with Crippen molar-refractivity contribution in [3.63, 3.8) is 0 Å². The zero-order valence-electron chi connectivity index (χ0n) is 12.8. The van der Waals surface area contributed by atoms with Crippen molar-refractivity contribution in [3.8, 4) is 0 Å². The lowest BCUT2D eigenvalue weighted by Crippen LogP contribution is -2.36. The minimum atomic E-state index is -0.226. The largest absolute Gasteiger partial charge is 0.356 e. The van der Waals surface area contributed by atoms with Crippen LogP contribution in [-0.4, -0.2) is 23.3 Å². The van der Waals surface area contributed by atoms with Crippen LogP contribution in [0.5, 0.6) is 0 Å². The molecule has 112 valence electrons. The molecule has 1 N–H and O–H groups in total. The Morgan fingerprint density at radius 1 is 1.29 bits per heavy atom. The van der Waals surface area contributed by atoms with Gasteiger partial charge < -0.3 is 10.2 Å². The summed E-state index contributed by atoms with van der Waals surface area (Å²) < 4.78 is 0. The Morgan fingerprint density at radius 3 is 2.67 bits per heavy atom. The van der Waals surface area contributed by atoms with Crippen molar-refractivity contribution in [2.75, 3.05) is 6.54 Å². The molecule has 0 bridgehead atoms. The van der Waals surface area contributed by atoms with E-state index >= 15 is 0 Å². The first-order valence-electron chi connectivity index (χ1n) is 7.31. The normalized spacial score (nSPS) is 16.8. The van der Waals surface area contributed by atoms with Gasteiger partial charge in [0.25, 0.3) is 0 Å². The van der Waals surface area contributed by atoms with Crippen LogP contribution in [0.3, 0.4) is 0 Å². The van der Waals surface area contributed by atoms with E-state index in [2.05, 4.69) is 19.2 Å². The van der Waals surface area contributed by atoms with Gasteiger partial charge in [0.05, 0.1) is 12.5 Å². The predicted octanol–water partition coefficient (Wildman–Crippen LogP) is 2.72. The van der Waals surface area contributed by atoms with Crippen molar-refractivity contribution < 1.29 is 9.59 Å². The fraction of sp³-hybridized carbons (Fsp3) is 0.412. The first kappa shape index (κ1) is 15.3. The molecule has 1 aromatic rings. The van der Waals surface area contributed by atoms with Crippen LogP contribution in [0, 0.1) is 5.92 Å². The highest BCUT2D eigenvalue weighted by Gasteiger charge is 2.27. The molecule has 0 saturated heterocycles. The molecule has 1 aliphatic heterocycles. The Morgan fingerprint density at radius 2 is 2.00 bits per heavy atom. The smallest absolute Gasteiger partial charge is 0.223 e. The molecule has 1 atom stereocenters. The number of benzene rings is 1. The van der Waals surface area contributed by atoms with Crippen LogP contribution >= 0.6 is 0 Å². The molecule has 0 spiro atoms. The van der Waals surface area contributed by atoms with Crippen molar-refractivity contribution in [2.24, 2.45) is 5.92 Å². The van der Waals surface area contributed by atoms with Gasteiger partial charge in [-0.05, 0) is 23.1 Å². The van der Waals surface area contributed by atoms with Crippen molar-refractivity contribution in [3.05, 3.63) is 41.6 Å². The quantitative estimate of drug-likeness (QED) is 0.925. The number of fused-ring (bicyclic) bond motifs is 1. The number of nitrogens with zero attached hydrogens (tertiary/aromatic N) is 1. The topological polar surface area (TPSA) is 49.4 Å². The standard InChI is InChI=1S/C17H22N2O2/c1-12(2)11-18-17(21)10-16-15-7-5-4-6-14(15)8-9-19(16)13(3)20/h4-9,12,16H,10-11H2,1-3H3,(H,18,21)/t16-/m0/s1. The van der Waals surface area contributed by atoms with Gasteiger partial charge in [-0.15, -0.1) is 0 Å². The zero-order chi connectivity index (χ0) is 15.4. The van der Waals surface area contributed by atoms with Crippen LogP contribution < -0.4 is 5.32 Å². The molecule has 0 saturated carbocycles. The fourth-order valence-corrected chi connectivity index (χ4v) is 2.48. The molecule has 1 heterocycles. The summed E-state index contributed by atoms with van der Waals surface area (Å²) in [5.74, 6) is 0.337. The van der Waals surface area contributed by atoms with Gasteiger partial charge in [0.15, 0.2) is 0 Å². The second kappa shape index (κ2) is 6.57. The van der Waals surface area contributed by atoms with Gasteiger partial charge in [-0.1, -0.05) is 38.1 Å². The molecular weight excluding hydrogens is 264 g/mol. The molecule has 0 fully saturated rings. The van der Waals surface area contributed by atoms with Crippen LogP contribution in [0.15, 0.2) is 30.5 Å². The highest BCUT2D eigenvalue weighted by molar-refractivity contribution is 5.81.